The smallest absolute Gasteiger partial charge is 0.270 e. The fourth-order valence-electron chi connectivity index (χ4n) is 1.93. The Bertz CT molecular complexity index is 612. The zero-order valence-electron chi connectivity index (χ0n) is 13.5. The molecule has 0 atom stereocenters. The highest BCUT2D eigenvalue weighted by atomic mass is 16.1. The number of carbonyl (C=O) groups is 1. The largest absolute Gasteiger partial charge is 0.347 e. The molecule has 22 heavy (non-hydrogen) atoms. The van der Waals surface area contributed by atoms with Gasteiger partial charge in [0.2, 0.25) is 5.95 Å². The Morgan fingerprint density at radius 3 is 2.45 bits per heavy atom. The molecule has 0 aliphatic carbocycles. The molecule has 0 fully saturated rings. The third-order valence-electron chi connectivity index (χ3n) is 3.25. The standard InChI is InChI=1S/C17H22N4O/c1-12(2)14-10-15(20-17(19-14)21(3)4)16(22)18-11-13-8-6-5-7-9-13/h5-10,12H,11H2,1-4H3,(H,18,22). The second-order valence-electron chi connectivity index (χ2n) is 5.70. The van der Waals surface area contributed by atoms with Crippen LogP contribution in [0.5, 0.6) is 0 Å². The van der Waals surface area contributed by atoms with Crippen molar-refractivity contribution >= 4 is 11.9 Å². The van der Waals surface area contributed by atoms with Crippen LogP contribution in [0.25, 0.3) is 0 Å². The van der Waals surface area contributed by atoms with Crippen LogP contribution in [-0.2, 0) is 6.54 Å². The summed E-state index contributed by atoms with van der Waals surface area (Å²) in [5.41, 5.74) is 2.32. The summed E-state index contributed by atoms with van der Waals surface area (Å²) in [4.78, 5) is 23.0. The molecule has 0 bridgehead atoms. The van der Waals surface area contributed by atoms with Crippen molar-refractivity contribution in [2.45, 2.75) is 26.3 Å². The van der Waals surface area contributed by atoms with Gasteiger partial charge in [0.15, 0.2) is 0 Å². The minimum absolute atomic E-state index is 0.184. The fraction of sp³-hybridized carbons (Fsp3) is 0.353. The highest BCUT2D eigenvalue weighted by molar-refractivity contribution is 5.92. The van der Waals surface area contributed by atoms with Gasteiger partial charge in [-0.05, 0) is 17.5 Å². The number of hydrogen-bond acceptors (Lipinski definition) is 4. The van der Waals surface area contributed by atoms with Crippen LogP contribution in [0.2, 0.25) is 0 Å². The van der Waals surface area contributed by atoms with Crippen molar-refractivity contribution in [2.75, 3.05) is 19.0 Å². The van der Waals surface area contributed by atoms with E-state index in [4.69, 9.17) is 0 Å². The fourth-order valence-corrected chi connectivity index (χ4v) is 1.93. The molecule has 0 radical (unpaired) electrons. The van der Waals surface area contributed by atoms with Crippen LogP contribution in [0.1, 0.15) is 41.5 Å². The van der Waals surface area contributed by atoms with Crippen LogP contribution in [-0.4, -0.2) is 30.0 Å². The summed E-state index contributed by atoms with van der Waals surface area (Å²) in [5.74, 6) is 0.606. The van der Waals surface area contributed by atoms with Crippen LogP contribution in [0.4, 0.5) is 5.95 Å². The van der Waals surface area contributed by atoms with Gasteiger partial charge in [0.25, 0.3) is 5.91 Å². The molecule has 0 spiro atoms. The molecule has 0 saturated carbocycles. The Balaban J connectivity index is 2.17. The van der Waals surface area contributed by atoms with E-state index in [0.717, 1.165) is 11.3 Å². The second kappa shape index (κ2) is 7.02. The summed E-state index contributed by atoms with van der Waals surface area (Å²) >= 11 is 0. The van der Waals surface area contributed by atoms with E-state index in [9.17, 15) is 4.79 Å². The first-order valence-corrected chi connectivity index (χ1v) is 7.36. The zero-order chi connectivity index (χ0) is 16.1. The Morgan fingerprint density at radius 2 is 1.86 bits per heavy atom. The van der Waals surface area contributed by atoms with Crippen molar-refractivity contribution in [1.29, 1.82) is 0 Å². The van der Waals surface area contributed by atoms with E-state index < -0.39 is 0 Å². The molecule has 0 aliphatic heterocycles. The predicted molar refractivity (Wildman–Crippen MR) is 88.1 cm³/mol. The summed E-state index contributed by atoms with van der Waals surface area (Å²) in [5, 5.41) is 2.90. The molecule has 1 amide bonds. The number of anilines is 1. The topological polar surface area (TPSA) is 58.1 Å². The van der Waals surface area contributed by atoms with E-state index >= 15 is 0 Å². The third kappa shape index (κ3) is 4.04. The van der Waals surface area contributed by atoms with Gasteiger partial charge in [-0.3, -0.25) is 4.79 Å². The molecule has 1 aromatic heterocycles. The molecule has 1 aromatic carbocycles. The van der Waals surface area contributed by atoms with E-state index in [0.29, 0.717) is 18.2 Å². The lowest BCUT2D eigenvalue weighted by molar-refractivity contribution is 0.0945. The van der Waals surface area contributed by atoms with Gasteiger partial charge in [0, 0.05) is 26.3 Å². The SMILES string of the molecule is CC(C)c1cc(C(=O)NCc2ccccc2)nc(N(C)C)n1. The quantitative estimate of drug-likeness (QED) is 0.922. The van der Waals surface area contributed by atoms with Crippen molar-refractivity contribution in [3.05, 3.63) is 53.3 Å². The molecule has 1 heterocycles. The van der Waals surface area contributed by atoms with Gasteiger partial charge in [0.1, 0.15) is 5.69 Å². The number of rotatable bonds is 5. The number of aromatic nitrogens is 2. The maximum absolute atomic E-state index is 12.3. The molecule has 2 aromatic rings. The number of nitrogens with one attached hydrogen (secondary N) is 1. The van der Waals surface area contributed by atoms with Crippen LogP contribution in [0, 0.1) is 0 Å². The van der Waals surface area contributed by atoms with E-state index in [-0.39, 0.29) is 11.8 Å². The molecular formula is C17H22N4O. The van der Waals surface area contributed by atoms with E-state index in [2.05, 4.69) is 15.3 Å². The molecule has 0 aliphatic rings. The maximum Gasteiger partial charge on any atom is 0.270 e. The molecular weight excluding hydrogens is 276 g/mol. The average molecular weight is 298 g/mol. The van der Waals surface area contributed by atoms with Crippen LogP contribution >= 0.6 is 0 Å². The predicted octanol–water partition coefficient (Wildman–Crippen LogP) is 2.60. The summed E-state index contributed by atoms with van der Waals surface area (Å²) in [7, 11) is 3.73. The minimum Gasteiger partial charge on any atom is -0.347 e. The van der Waals surface area contributed by atoms with Gasteiger partial charge in [-0.15, -0.1) is 0 Å². The number of carbonyl (C=O) groups excluding carboxylic acids is 1. The highest BCUT2D eigenvalue weighted by Crippen LogP contribution is 2.16. The Morgan fingerprint density at radius 1 is 1.18 bits per heavy atom. The number of hydrogen-bond donors (Lipinski definition) is 1. The average Bonchev–Trinajstić information content (AvgIpc) is 2.53. The van der Waals surface area contributed by atoms with Crippen molar-refractivity contribution in [3.63, 3.8) is 0 Å². The van der Waals surface area contributed by atoms with Crippen LogP contribution < -0.4 is 10.2 Å². The molecule has 1 N–H and O–H groups in total. The lowest BCUT2D eigenvalue weighted by Crippen LogP contribution is -2.25. The van der Waals surface area contributed by atoms with Gasteiger partial charge < -0.3 is 10.2 Å². The summed E-state index contributed by atoms with van der Waals surface area (Å²) < 4.78 is 0. The monoisotopic (exact) mass is 298 g/mol. The minimum atomic E-state index is -0.184. The Kier molecular flexibility index (Phi) is 5.09. The maximum atomic E-state index is 12.3. The van der Waals surface area contributed by atoms with Gasteiger partial charge in [0.05, 0.1) is 0 Å². The normalized spacial score (nSPS) is 10.6. The molecule has 5 nitrogen and oxygen atoms in total. The van der Waals surface area contributed by atoms with E-state index in [1.807, 2.05) is 58.3 Å². The van der Waals surface area contributed by atoms with Crippen LogP contribution in [0.15, 0.2) is 36.4 Å². The van der Waals surface area contributed by atoms with Crippen molar-refractivity contribution in [2.24, 2.45) is 0 Å². The van der Waals surface area contributed by atoms with Crippen LogP contribution in [0.3, 0.4) is 0 Å². The Labute approximate surface area is 131 Å². The molecule has 0 saturated heterocycles. The van der Waals surface area contributed by atoms with Gasteiger partial charge in [-0.1, -0.05) is 44.2 Å². The lowest BCUT2D eigenvalue weighted by Gasteiger charge is -2.15. The Hall–Kier alpha value is -2.43. The van der Waals surface area contributed by atoms with Gasteiger partial charge >= 0.3 is 0 Å². The summed E-state index contributed by atoms with van der Waals surface area (Å²) in [6, 6.07) is 11.6. The van der Waals surface area contributed by atoms with Gasteiger partial charge in [-0.2, -0.15) is 0 Å². The molecule has 5 heteroatoms. The van der Waals surface area contributed by atoms with E-state index in [1.165, 1.54) is 0 Å². The van der Waals surface area contributed by atoms with Gasteiger partial charge in [-0.25, -0.2) is 9.97 Å². The first-order chi connectivity index (χ1) is 10.5. The van der Waals surface area contributed by atoms with Crippen molar-refractivity contribution < 1.29 is 4.79 Å². The van der Waals surface area contributed by atoms with Crippen molar-refractivity contribution in [1.82, 2.24) is 15.3 Å². The second-order valence-corrected chi connectivity index (χ2v) is 5.70. The number of amides is 1. The zero-order valence-corrected chi connectivity index (χ0v) is 13.5. The first kappa shape index (κ1) is 15.9. The molecule has 2 rings (SSSR count). The number of nitrogens with zero attached hydrogens (tertiary/aromatic N) is 3. The first-order valence-electron chi connectivity index (χ1n) is 7.36. The third-order valence-corrected chi connectivity index (χ3v) is 3.25. The summed E-state index contributed by atoms with van der Waals surface area (Å²) in [6.45, 7) is 4.58. The molecule has 116 valence electrons. The molecule has 0 unspecified atom stereocenters. The van der Waals surface area contributed by atoms with Crippen molar-refractivity contribution in [3.8, 4) is 0 Å². The lowest BCUT2D eigenvalue weighted by atomic mass is 10.1. The highest BCUT2D eigenvalue weighted by Gasteiger charge is 2.14. The summed E-state index contributed by atoms with van der Waals surface area (Å²) in [6.07, 6.45) is 0. The van der Waals surface area contributed by atoms with E-state index in [1.54, 1.807) is 11.0 Å². The number of benzene rings is 1.